The number of para-hydroxylation sites is 3. The number of nitrogens with two attached hydrogens (primary N) is 1. The molecule has 33 heavy (non-hydrogen) atoms. The van der Waals surface area contributed by atoms with Crippen molar-refractivity contribution in [1.82, 2.24) is 0 Å². The van der Waals surface area contributed by atoms with Crippen molar-refractivity contribution in [1.29, 1.82) is 0 Å². The van der Waals surface area contributed by atoms with E-state index in [4.69, 9.17) is 22.1 Å². The minimum Gasteiger partial charge on any atom is -0.497 e. The molecular weight excluding hydrogens is 432 g/mol. The lowest BCUT2D eigenvalue weighted by molar-refractivity contribution is 0.103. The number of halogens is 1. The van der Waals surface area contributed by atoms with E-state index < -0.39 is 0 Å². The van der Waals surface area contributed by atoms with Gasteiger partial charge in [0.15, 0.2) is 5.78 Å². The molecule has 0 amide bonds. The van der Waals surface area contributed by atoms with E-state index in [9.17, 15) is 4.79 Å². The van der Waals surface area contributed by atoms with E-state index in [2.05, 4.69) is 0 Å². The van der Waals surface area contributed by atoms with Crippen LogP contribution in [0.15, 0.2) is 84.9 Å². The molecule has 0 radical (unpaired) electrons. The number of nitrogen functional groups attached to an aromatic ring is 1. The van der Waals surface area contributed by atoms with Crippen LogP contribution in [0.25, 0.3) is 0 Å². The second-order valence-electron chi connectivity index (χ2n) is 7.86. The van der Waals surface area contributed by atoms with Gasteiger partial charge in [0.25, 0.3) is 0 Å². The van der Waals surface area contributed by atoms with Crippen LogP contribution in [-0.4, -0.2) is 12.9 Å². The lowest BCUT2D eigenvalue weighted by Gasteiger charge is -2.27. The molecule has 0 spiro atoms. The average Bonchev–Trinajstić information content (AvgIpc) is 2.81. The van der Waals surface area contributed by atoms with E-state index in [1.54, 1.807) is 13.2 Å². The summed E-state index contributed by atoms with van der Waals surface area (Å²) in [5.41, 5.74) is 12.3. The molecule has 0 fully saturated rings. The Balaban J connectivity index is 1.79. The number of carbonyl (C=O) groups is 1. The Labute approximate surface area is 199 Å². The van der Waals surface area contributed by atoms with Gasteiger partial charge in [-0.15, -0.1) is 0 Å². The van der Waals surface area contributed by atoms with Crippen molar-refractivity contribution >= 4 is 40.1 Å². The maximum Gasteiger partial charge on any atom is 0.193 e. The first kappa shape index (κ1) is 22.4. The molecular formula is C28H25ClN2O2. The number of rotatable bonds is 6. The van der Waals surface area contributed by atoms with Crippen LogP contribution in [-0.2, 0) is 0 Å². The molecule has 4 aromatic carbocycles. The molecule has 0 aromatic heterocycles. The van der Waals surface area contributed by atoms with Gasteiger partial charge >= 0.3 is 0 Å². The zero-order valence-corrected chi connectivity index (χ0v) is 19.6. The summed E-state index contributed by atoms with van der Waals surface area (Å²) in [6.07, 6.45) is 0. The Kier molecular flexibility index (Phi) is 6.38. The van der Waals surface area contributed by atoms with E-state index in [1.165, 1.54) is 0 Å². The molecule has 5 heteroatoms. The van der Waals surface area contributed by atoms with Crippen LogP contribution in [0.2, 0.25) is 5.02 Å². The molecule has 0 saturated carbocycles. The molecule has 166 valence electrons. The fraction of sp³-hybridized carbons (Fsp3) is 0.107. The number of benzene rings is 4. The predicted molar refractivity (Wildman–Crippen MR) is 136 cm³/mol. The Bertz CT molecular complexity index is 1300. The maximum absolute atomic E-state index is 13.4. The molecule has 0 heterocycles. The highest BCUT2D eigenvalue weighted by Gasteiger charge is 2.21. The summed E-state index contributed by atoms with van der Waals surface area (Å²) in [6.45, 7) is 3.82. The van der Waals surface area contributed by atoms with E-state index in [0.29, 0.717) is 21.8 Å². The Hall–Kier alpha value is -3.76. The van der Waals surface area contributed by atoms with Gasteiger partial charge in [0.2, 0.25) is 0 Å². The largest absolute Gasteiger partial charge is 0.497 e. The third kappa shape index (κ3) is 4.43. The summed E-state index contributed by atoms with van der Waals surface area (Å²) >= 11 is 6.78. The molecule has 0 aliphatic rings. The molecule has 0 bridgehead atoms. The predicted octanol–water partition coefficient (Wildman–Crippen LogP) is 7.25. The minimum absolute atomic E-state index is 0.0772. The Morgan fingerprint density at radius 2 is 1.48 bits per heavy atom. The van der Waals surface area contributed by atoms with Crippen LogP contribution in [0.5, 0.6) is 5.75 Å². The van der Waals surface area contributed by atoms with Gasteiger partial charge in [-0.25, -0.2) is 0 Å². The van der Waals surface area contributed by atoms with Gasteiger partial charge in [0, 0.05) is 16.8 Å². The minimum atomic E-state index is -0.0772. The molecule has 4 rings (SSSR count). The standard InChI is InChI=1S/C28H25ClN2O2/c1-18-15-22(33-3)16-19(2)27(18)28(32)20-13-14-25(23(29)17-20)31(21-9-5-4-6-10-21)26-12-8-7-11-24(26)30/h4-17H,30H2,1-3H3. The van der Waals surface area contributed by atoms with Crippen LogP contribution < -0.4 is 15.4 Å². The zero-order chi connectivity index (χ0) is 23.5. The molecule has 0 aliphatic heterocycles. The smallest absolute Gasteiger partial charge is 0.193 e. The molecule has 0 saturated heterocycles. The lowest BCUT2D eigenvalue weighted by Crippen LogP contribution is -2.13. The molecule has 2 N–H and O–H groups in total. The third-order valence-corrected chi connectivity index (χ3v) is 5.91. The number of nitrogens with zero attached hydrogens (tertiary/aromatic N) is 1. The van der Waals surface area contributed by atoms with Gasteiger partial charge in [0.05, 0.1) is 29.2 Å². The van der Waals surface area contributed by atoms with Crippen molar-refractivity contribution in [2.45, 2.75) is 13.8 Å². The molecule has 4 nitrogen and oxygen atoms in total. The van der Waals surface area contributed by atoms with Crippen LogP contribution >= 0.6 is 11.6 Å². The highest BCUT2D eigenvalue weighted by atomic mass is 35.5. The van der Waals surface area contributed by atoms with Crippen molar-refractivity contribution in [2.24, 2.45) is 0 Å². The first-order valence-electron chi connectivity index (χ1n) is 10.6. The second kappa shape index (κ2) is 9.39. The fourth-order valence-electron chi connectivity index (χ4n) is 4.05. The lowest BCUT2D eigenvalue weighted by atomic mass is 9.94. The summed E-state index contributed by atoms with van der Waals surface area (Å²) in [4.78, 5) is 15.4. The number of hydrogen-bond donors (Lipinski definition) is 1. The van der Waals surface area contributed by atoms with Crippen molar-refractivity contribution in [3.8, 4) is 5.75 Å². The molecule has 0 aliphatic carbocycles. The maximum atomic E-state index is 13.4. The van der Waals surface area contributed by atoms with Crippen LogP contribution in [0.3, 0.4) is 0 Å². The van der Waals surface area contributed by atoms with E-state index in [1.807, 2.05) is 97.6 Å². The van der Waals surface area contributed by atoms with Gasteiger partial charge in [-0.3, -0.25) is 4.79 Å². The van der Waals surface area contributed by atoms with Crippen LogP contribution in [0, 0.1) is 13.8 Å². The first-order valence-corrected chi connectivity index (χ1v) is 11.0. The highest BCUT2D eigenvalue weighted by Crippen LogP contribution is 2.41. The van der Waals surface area contributed by atoms with Crippen LogP contribution in [0.1, 0.15) is 27.0 Å². The number of aryl methyl sites for hydroxylation is 2. The topological polar surface area (TPSA) is 55.6 Å². The van der Waals surface area contributed by atoms with E-state index in [0.717, 1.165) is 33.9 Å². The number of carbonyl (C=O) groups excluding carboxylic acids is 1. The molecule has 0 atom stereocenters. The quantitative estimate of drug-likeness (QED) is 0.245. The molecule has 4 aromatic rings. The van der Waals surface area contributed by atoms with Gasteiger partial charge in [0.1, 0.15) is 5.75 Å². The number of hydrogen-bond acceptors (Lipinski definition) is 4. The van der Waals surface area contributed by atoms with Gasteiger partial charge in [-0.2, -0.15) is 0 Å². The number of ether oxygens (including phenoxy) is 1. The third-order valence-electron chi connectivity index (χ3n) is 5.61. The monoisotopic (exact) mass is 456 g/mol. The number of anilines is 4. The van der Waals surface area contributed by atoms with Crippen molar-refractivity contribution in [2.75, 3.05) is 17.7 Å². The Morgan fingerprint density at radius 3 is 2.09 bits per heavy atom. The first-order chi connectivity index (χ1) is 15.9. The average molecular weight is 457 g/mol. The summed E-state index contributed by atoms with van der Waals surface area (Å²) in [6, 6.07) is 26.6. The van der Waals surface area contributed by atoms with Crippen molar-refractivity contribution in [3.63, 3.8) is 0 Å². The normalized spacial score (nSPS) is 10.7. The van der Waals surface area contributed by atoms with Crippen LogP contribution in [0.4, 0.5) is 22.7 Å². The zero-order valence-electron chi connectivity index (χ0n) is 18.8. The summed E-state index contributed by atoms with van der Waals surface area (Å²) < 4.78 is 5.32. The van der Waals surface area contributed by atoms with E-state index >= 15 is 0 Å². The highest BCUT2D eigenvalue weighted by molar-refractivity contribution is 6.34. The van der Waals surface area contributed by atoms with Crippen molar-refractivity contribution < 1.29 is 9.53 Å². The summed E-state index contributed by atoms with van der Waals surface area (Å²) in [5, 5.41) is 0.455. The van der Waals surface area contributed by atoms with E-state index in [-0.39, 0.29) is 5.78 Å². The fourth-order valence-corrected chi connectivity index (χ4v) is 4.31. The molecule has 0 unspecified atom stereocenters. The number of ketones is 1. The summed E-state index contributed by atoms with van der Waals surface area (Å²) in [5.74, 6) is 0.653. The van der Waals surface area contributed by atoms with Crippen molar-refractivity contribution in [3.05, 3.63) is 112 Å². The SMILES string of the molecule is COc1cc(C)c(C(=O)c2ccc(N(c3ccccc3)c3ccccc3N)c(Cl)c2)c(C)c1. The van der Waals surface area contributed by atoms with Gasteiger partial charge in [-0.05, 0) is 79.6 Å². The van der Waals surface area contributed by atoms with Gasteiger partial charge < -0.3 is 15.4 Å². The van der Waals surface area contributed by atoms with Gasteiger partial charge in [-0.1, -0.05) is 41.9 Å². The Morgan fingerprint density at radius 1 is 0.848 bits per heavy atom. The second-order valence-corrected chi connectivity index (χ2v) is 8.27. The number of methoxy groups -OCH3 is 1. The summed E-state index contributed by atoms with van der Waals surface area (Å²) in [7, 11) is 1.62.